The molecule has 1 aliphatic heterocycles. The number of carbonyl (C=O) groups is 1. The van der Waals surface area contributed by atoms with E-state index < -0.39 is 30.2 Å². The third-order valence-corrected chi connectivity index (χ3v) is 6.63. The molecule has 0 spiro atoms. The maximum atomic E-state index is 13.2. The number of alkyl halides is 3. The Kier molecular flexibility index (Phi) is 5.58. The van der Waals surface area contributed by atoms with Gasteiger partial charge in [0.05, 0.1) is 11.0 Å². The van der Waals surface area contributed by atoms with Crippen LogP contribution in [-0.4, -0.2) is 56.7 Å². The van der Waals surface area contributed by atoms with E-state index in [1.807, 2.05) is 0 Å². The van der Waals surface area contributed by atoms with Crippen LogP contribution in [0.2, 0.25) is 0 Å². The van der Waals surface area contributed by atoms with Crippen molar-refractivity contribution in [1.29, 1.82) is 0 Å². The maximum absolute atomic E-state index is 13.2. The topological polar surface area (TPSA) is 106 Å². The molecule has 1 saturated heterocycles. The van der Waals surface area contributed by atoms with E-state index in [1.165, 1.54) is 10.7 Å². The summed E-state index contributed by atoms with van der Waals surface area (Å²) in [6.45, 7) is 6.49. The van der Waals surface area contributed by atoms with E-state index in [4.69, 9.17) is 10.5 Å². The summed E-state index contributed by atoms with van der Waals surface area (Å²) in [6, 6.07) is 4.65. The van der Waals surface area contributed by atoms with Crippen molar-refractivity contribution < 1.29 is 27.8 Å². The van der Waals surface area contributed by atoms with Crippen LogP contribution < -0.4 is 15.4 Å². The number of rotatable bonds is 7. The Morgan fingerprint density at radius 3 is 2.58 bits per heavy atom. The molecule has 4 rings (SSSR count). The average molecular weight is 467 g/mol. The van der Waals surface area contributed by atoms with Gasteiger partial charge in [0.25, 0.3) is 5.91 Å². The molecule has 1 saturated carbocycles. The summed E-state index contributed by atoms with van der Waals surface area (Å²) in [6.07, 6.45) is -3.88. The van der Waals surface area contributed by atoms with E-state index >= 15 is 0 Å². The molecule has 0 radical (unpaired) electrons. The third kappa shape index (κ3) is 4.25. The van der Waals surface area contributed by atoms with E-state index in [2.05, 4.69) is 35.8 Å². The highest BCUT2D eigenvalue weighted by Gasteiger charge is 2.67. The lowest BCUT2D eigenvalue weighted by Gasteiger charge is -2.33. The lowest BCUT2D eigenvalue weighted by molar-refractivity contribution is -0.217. The van der Waals surface area contributed by atoms with Crippen LogP contribution in [0.1, 0.15) is 50.4 Å². The van der Waals surface area contributed by atoms with Crippen LogP contribution >= 0.6 is 0 Å². The summed E-state index contributed by atoms with van der Waals surface area (Å²) in [5, 5.41) is 14.2. The molecule has 1 aliphatic carbocycles. The first kappa shape index (κ1) is 23.3. The SMILES string of the molecule is C[C@@H]1CN(c2nc(-n3ccc(OCC(O)C4(C(F)(F)F)CC4)n3)ccc2C(N)=O)C(C)(C)C1. The minimum Gasteiger partial charge on any atom is -0.474 e. The Balaban J connectivity index is 1.54. The van der Waals surface area contributed by atoms with Crippen molar-refractivity contribution in [2.75, 3.05) is 18.1 Å². The molecule has 0 bridgehead atoms. The molecule has 0 aromatic carbocycles. The standard InChI is InChI=1S/C22H28F3N5O3/c1-13-10-20(2,3)29(11-13)19-14(18(26)32)4-5-16(27-19)30-9-6-17(28-30)33-12-15(31)21(7-8-21)22(23,24)25/h4-6,9,13,15,31H,7-8,10-12H2,1-3H3,(H2,26,32)/t13-,15?/m0/s1. The molecular weight excluding hydrogens is 439 g/mol. The molecular formula is C22H28F3N5O3. The highest BCUT2D eigenvalue weighted by Crippen LogP contribution is 2.59. The van der Waals surface area contributed by atoms with Gasteiger partial charge in [-0.2, -0.15) is 13.2 Å². The van der Waals surface area contributed by atoms with Gasteiger partial charge in [-0.1, -0.05) is 6.92 Å². The second-order valence-corrected chi connectivity index (χ2v) is 9.72. The van der Waals surface area contributed by atoms with Gasteiger partial charge in [0, 0.05) is 24.3 Å². The number of anilines is 1. The Bertz CT molecular complexity index is 1050. The predicted molar refractivity (Wildman–Crippen MR) is 114 cm³/mol. The lowest BCUT2D eigenvalue weighted by atomic mass is 9.97. The van der Waals surface area contributed by atoms with E-state index in [1.54, 1.807) is 18.3 Å². The van der Waals surface area contributed by atoms with Crippen molar-refractivity contribution in [3.63, 3.8) is 0 Å². The number of aliphatic hydroxyl groups is 1. The molecule has 3 heterocycles. The number of carbonyl (C=O) groups excluding carboxylic acids is 1. The first-order valence-corrected chi connectivity index (χ1v) is 10.9. The smallest absolute Gasteiger partial charge is 0.397 e. The lowest BCUT2D eigenvalue weighted by Crippen LogP contribution is -2.40. The van der Waals surface area contributed by atoms with Gasteiger partial charge in [-0.3, -0.25) is 4.79 Å². The van der Waals surface area contributed by atoms with Crippen molar-refractivity contribution in [2.24, 2.45) is 17.1 Å². The normalized spacial score (nSPS) is 22.3. The fourth-order valence-electron chi connectivity index (χ4n) is 4.70. The number of aliphatic hydroxyl groups excluding tert-OH is 1. The zero-order valence-corrected chi connectivity index (χ0v) is 18.8. The number of hydrogen-bond acceptors (Lipinski definition) is 6. The van der Waals surface area contributed by atoms with Crippen LogP contribution in [0.15, 0.2) is 24.4 Å². The zero-order valence-electron chi connectivity index (χ0n) is 18.8. The number of nitrogens with zero attached hydrogens (tertiary/aromatic N) is 4. The minimum atomic E-state index is -4.47. The fourth-order valence-corrected chi connectivity index (χ4v) is 4.70. The molecule has 2 fully saturated rings. The summed E-state index contributed by atoms with van der Waals surface area (Å²) in [5.41, 5.74) is 3.58. The van der Waals surface area contributed by atoms with Gasteiger partial charge < -0.3 is 20.5 Å². The molecule has 1 amide bonds. The van der Waals surface area contributed by atoms with Crippen molar-refractivity contribution in [3.05, 3.63) is 30.0 Å². The Hall–Kier alpha value is -2.82. The maximum Gasteiger partial charge on any atom is 0.397 e. The van der Waals surface area contributed by atoms with Gasteiger partial charge in [-0.05, 0) is 51.2 Å². The predicted octanol–water partition coefficient (Wildman–Crippen LogP) is 3.07. The Labute approximate surface area is 189 Å². The summed E-state index contributed by atoms with van der Waals surface area (Å²) in [7, 11) is 0. The molecule has 2 atom stereocenters. The van der Waals surface area contributed by atoms with Gasteiger partial charge in [-0.25, -0.2) is 9.67 Å². The van der Waals surface area contributed by atoms with Crippen molar-refractivity contribution >= 4 is 11.7 Å². The van der Waals surface area contributed by atoms with Gasteiger partial charge in [0.15, 0.2) is 5.82 Å². The van der Waals surface area contributed by atoms with Crippen molar-refractivity contribution in [1.82, 2.24) is 14.8 Å². The van der Waals surface area contributed by atoms with E-state index in [9.17, 15) is 23.1 Å². The molecule has 2 aromatic heterocycles. The first-order chi connectivity index (χ1) is 15.3. The average Bonchev–Trinajstić information content (AvgIpc) is 3.34. The van der Waals surface area contributed by atoms with Crippen LogP contribution in [0, 0.1) is 11.3 Å². The van der Waals surface area contributed by atoms with Gasteiger partial charge in [-0.15, -0.1) is 5.10 Å². The molecule has 11 heteroatoms. The van der Waals surface area contributed by atoms with Crippen LogP contribution in [-0.2, 0) is 0 Å². The summed E-state index contributed by atoms with van der Waals surface area (Å²) in [4.78, 5) is 18.7. The summed E-state index contributed by atoms with van der Waals surface area (Å²) in [5.74, 6) is 0.744. The first-order valence-electron chi connectivity index (χ1n) is 10.9. The largest absolute Gasteiger partial charge is 0.474 e. The molecule has 3 N–H and O–H groups in total. The number of hydrogen-bond donors (Lipinski definition) is 2. The highest BCUT2D eigenvalue weighted by molar-refractivity contribution is 5.98. The van der Waals surface area contributed by atoms with E-state index in [0.29, 0.717) is 23.1 Å². The number of pyridine rings is 1. The quantitative estimate of drug-likeness (QED) is 0.648. The number of amides is 1. The van der Waals surface area contributed by atoms with Crippen LogP contribution in [0.4, 0.5) is 19.0 Å². The Morgan fingerprint density at radius 1 is 1.33 bits per heavy atom. The number of primary amides is 1. The molecule has 2 aliphatic rings. The summed E-state index contributed by atoms with van der Waals surface area (Å²) >= 11 is 0. The fraction of sp³-hybridized carbons (Fsp3) is 0.591. The van der Waals surface area contributed by atoms with Crippen molar-refractivity contribution in [2.45, 2.75) is 57.9 Å². The molecule has 2 aromatic rings. The van der Waals surface area contributed by atoms with Crippen LogP contribution in [0.25, 0.3) is 5.82 Å². The Morgan fingerprint density at radius 2 is 2.03 bits per heavy atom. The van der Waals surface area contributed by atoms with E-state index in [-0.39, 0.29) is 24.3 Å². The van der Waals surface area contributed by atoms with E-state index in [0.717, 1.165) is 13.0 Å². The van der Waals surface area contributed by atoms with Gasteiger partial charge >= 0.3 is 6.18 Å². The molecule has 33 heavy (non-hydrogen) atoms. The van der Waals surface area contributed by atoms with Crippen LogP contribution in [0.3, 0.4) is 0 Å². The summed E-state index contributed by atoms with van der Waals surface area (Å²) < 4.78 is 46.2. The number of ether oxygens (including phenoxy) is 1. The monoisotopic (exact) mass is 467 g/mol. The number of halogens is 3. The molecule has 180 valence electrons. The van der Waals surface area contributed by atoms with Gasteiger partial charge in [0.2, 0.25) is 5.88 Å². The van der Waals surface area contributed by atoms with Crippen LogP contribution in [0.5, 0.6) is 5.88 Å². The van der Waals surface area contributed by atoms with Gasteiger partial charge in [0.1, 0.15) is 18.5 Å². The number of aromatic nitrogens is 3. The highest BCUT2D eigenvalue weighted by atomic mass is 19.4. The second kappa shape index (κ2) is 7.89. The minimum absolute atomic E-state index is 0.0597. The zero-order chi connectivity index (χ0) is 24.2. The second-order valence-electron chi connectivity index (χ2n) is 9.72. The van der Waals surface area contributed by atoms with Crippen molar-refractivity contribution in [3.8, 4) is 11.7 Å². The molecule has 8 nitrogen and oxygen atoms in total. The number of nitrogens with two attached hydrogens (primary N) is 1. The molecule has 1 unspecified atom stereocenters. The third-order valence-electron chi connectivity index (χ3n) is 6.63.